The summed E-state index contributed by atoms with van der Waals surface area (Å²) in [6, 6.07) is 0. The quantitative estimate of drug-likeness (QED) is 0.902. The molecule has 0 aliphatic carbocycles. The standard InChI is InChI=1S/C15H23F2N3O2.ClH/c1-2-11-7-19-14(21-11)12-8-20(9-13(16)17)10-15(22-12)3-5-18-6-4-15;/h7,12-13,18H,2-6,8-10H2,1H3;1H. The lowest BCUT2D eigenvalue weighted by Crippen LogP contribution is -2.57. The number of piperidine rings is 1. The Hall–Kier alpha value is -0.760. The van der Waals surface area contributed by atoms with Gasteiger partial charge in [-0.25, -0.2) is 13.8 Å². The summed E-state index contributed by atoms with van der Waals surface area (Å²) in [6.45, 7) is 4.42. The molecule has 2 fully saturated rings. The SMILES string of the molecule is CCc1cnc(C2CN(CC(F)F)CC3(CCNCC3)O2)o1.Cl. The fourth-order valence-corrected chi connectivity index (χ4v) is 3.34. The Bertz CT molecular complexity index is 495. The van der Waals surface area contributed by atoms with Crippen LogP contribution in [-0.4, -0.2) is 54.6 Å². The number of oxazole rings is 1. The van der Waals surface area contributed by atoms with Gasteiger partial charge in [0.25, 0.3) is 6.43 Å². The minimum Gasteiger partial charge on any atom is -0.443 e. The zero-order valence-electron chi connectivity index (χ0n) is 13.3. The van der Waals surface area contributed by atoms with Crippen LogP contribution in [-0.2, 0) is 11.2 Å². The second-order valence-electron chi connectivity index (χ2n) is 6.14. The Morgan fingerprint density at radius 2 is 2.17 bits per heavy atom. The smallest absolute Gasteiger partial charge is 0.251 e. The Kier molecular flexibility index (Phi) is 6.36. The summed E-state index contributed by atoms with van der Waals surface area (Å²) in [7, 11) is 0. The molecule has 1 atom stereocenters. The minimum absolute atomic E-state index is 0. The Morgan fingerprint density at radius 3 is 2.78 bits per heavy atom. The van der Waals surface area contributed by atoms with Gasteiger partial charge >= 0.3 is 0 Å². The molecule has 2 aliphatic heterocycles. The van der Waals surface area contributed by atoms with E-state index in [0.717, 1.165) is 38.1 Å². The predicted molar refractivity (Wildman–Crippen MR) is 84.2 cm³/mol. The Morgan fingerprint density at radius 1 is 1.43 bits per heavy atom. The zero-order chi connectivity index (χ0) is 15.6. The summed E-state index contributed by atoms with van der Waals surface area (Å²) in [5.74, 6) is 1.30. The summed E-state index contributed by atoms with van der Waals surface area (Å²) in [4.78, 5) is 6.07. The van der Waals surface area contributed by atoms with Crippen molar-refractivity contribution < 1.29 is 17.9 Å². The molecule has 0 amide bonds. The van der Waals surface area contributed by atoms with Gasteiger partial charge in [-0.1, -0.05) is 6.92 Å². The molecule has 23 heavy (non-hydrogen) atoms. The Balaban J connectivity index is 0.00000192. The van der Waals surface area contributed by atoms with Crippen molar-refractivity contribution in [3.05, 3.63) is 17.8 Å². The summed E-state index contributed by atoms with van der Waals surface area (Å²) < 4.78 is 37.6. The van der Waals surface area contributed by atoms with Gasteiger partial charge in [-0.05, 0) is 25.9 Å². The highest BCUT2D eigenvalue weighted by molar-refractivity contribution is 5.85. The number of aromatic nitrogens is 1. The molecule has 8 heteroatoms. The molecule has 3 heterocycles. The molecule has 3 rings (SSSR count). The lowest BCUT2D eigenvalue weighted by atomic mass is 9.89. The molecule has 2 saturated heterocycles. The average molecular weight is 352 g/mol. The monoisotopic (exact) mass is 351 g/mol. The number of hydrogen-bond donors (Lipinski definition) is 1. The first kappa shape index (κ1) is 18.6. The van der Waals surface area contributed by atoms with Crippen molar-refractivity contribution >= 4 is 12.4 Å². The van der Waals surface area contributed by atoms with E-state index >= 15 is 0 Å². The van der Waals surface area contributed by atoms with Crippen LogP contribution in [0.1, 0.15) is 37.5 Å². The van der Waals surface area contributed by atoms with E-state index in [1.807, 2.05) is 6.92 Å². The maximum atomic E-state index is 12.8. The van der Waals surface area contributed by atoms with E-state index in [-0.39, 0.29) is 30.7 Å². The van der Waals surface area contributed by atoms with Crippen molar-refractivity contribution in [3.63, 3.8) is 0 Å². The van der Waals surface area contributed by atoms with Crippen molar-refractivity contribution in [1.29, 1.82) is 0 Å². The van der Waals surface area contributed by atoms with Crippen molar-refractivity contribution in [1.82, 2.24) is 15.2 Å². The molecular formula is C15H24ClF2N3O2. The van der Waals surface area contributed by atoms with Gasteiger partial charge in [0.05, 0.1) is 18.3 Å². The van der Waals surface area contributed by atoms with Crippen LogP contribution < -0.4 is 5.32 Å². The van der Waals surface area contributed by atoms with E-state index in [2.05, 4.69) is 10.3 Å². The molecule has 1 aromatic rings. The first-order valence-corrected chi connectivity index (χ1v) is 7.94. The van der Waals surface area contributed by atoms with Crippen molar-refractivity contribution in [3.8, 4) is 0 Å². The second-order valence-corrected chi connectivity index (χ2v) is 6.14. The van der Waals surface area contributed by atoms with Gasteiger partial charge in [0.15, 0.2) is 0 Å². The molecular weight excluding hydrogens is 328 g/mol. The lowest BCUT2D eigenvalue weighted by Gasteiger charge is -2.47. The van der Waals surface area contributed by atoms with Crippen LogP contribution >= 0.6 is 12.4 Å². The zero-order valence-corrected chi connectivity index (χ0v) is 14.1. The first-order valence-electron chi connectivity index (χ1n) is 7.94. The van der Waals surface area contributed by atoms with Gasteiger partial charge < -0.3 is 14.5 Å². The number of ether oxygens (including phenoxy) is 1. The maximum absolute atomic E-state index is 12.8. The van der Waals surface area contributed by atoms with Gasteiger partial charge in [-0.2, -0.15) is 0 Å². The number of morpholine rings is 1. The number of nitrogens with zero attached hydrogens (tertiary/aromatic N) is 2. The van der Waals surface area contributed by atoms with Crippen LogP contribution in [0.25, 0.3) is 0 Å². The third kappa shape index (κ3) is 4.41. The second kappa shape index (κ2) is 7.88. The highest BCUT2D eigenvalue weighted by Gasteiger charge is 2.43. The van der Waals surface area contributed by atoms with Crippen LogP contribution in [0, 0.1) is 0 Å². The van der Waals surface area contributed by atoms with E-state index in [4.69, 9.17) is 9.15 Å². The summed E-state index contributed by atoms with van der Waals surface area (Å²) in [6.07, 6.45) is 1.39. The minimum atomic E-state index is -2.34. The molecule has 1 unspecified atom stereocenters. The highest BCUT2D eigenvalue weighted by Crippen LogP contribution is 2.36. The third-order valence-electron chi connectivity index (χ3n) is 4.43. The topological polar surface area (TPSA) is 50.5 Å². The van der Waals surface area contributed by atoms with E-state index in [1.165, 1.54) is 0 Å². The highest BCUT2D eigenvalue weighted by atomic mass is 35.5. The molecule has 2 aliphatic rings. The van der Waals surface area contributed by atoms with Crippen molar-refractivity contribution in [2.24, 2.45) is 0 Å². The number of rotatable bonds is 4. The van der Waals surface area contributed by atoms with Crippen molar-refractivity contribution in [2.75, 3.05) is 32.7 Å². The molecule has 132 valence electrons. The largest absolute Gasteiger partial charge is 0.443 e. The van der Waals surface area contributed by atoms with Crippen LogP contribution in [0.4, 0.5) is 8.78 Å². The molecule has 0 radical (unpaired) electrons. The molecule has 1 aromatic heterocycles. The molecule has 1 N–H and O–H groups in total. The maximum Gasteiger partial charge on any atom is 0.251 e. The van der Waals surface area contributed by atoms with E-state index in [0.29, 0.717) is 19.0 Å². The van der Waals surface area contributed by atoms with Gasteiger partial charge in [-0.3, -0.25) is 4.90 Å². The normalized spacial score (nSPS) is 24.8. The number of halogens is 3. The predicted octanol–water partition coefficient (Wildman–Crippen LogP) is 2.42. The summed E-state index contributed by atoms with van der Waals surface area (Å²) in [5, 5.41) is 3.29. The van der Waals surface area contributed by atoms with Crippen LogP contribution in [0.2, 0.25) is 0 Å². The third-order valence-corrected chi connectivity index (χ3v) is 4.43. The molecule has 1 spiro atoms. The van der Waals surface area contributed by atoms with Crippen LogP contribution in [0.15, 0.2) is 10.6 Å². The molecule has 0 bridgehead atoms. The van der Waals surface area contributed by atoms with E-state index in [9.17, 15) is 8.78 Å². The lowest BCUT2D eigenvalue weighted by molar-refractivity contribution is -0.180. The molecule has 5 nitrogen and oxygen atoms in total. The fourth-order valence-electron chi connectivity index (χ4n) is 3.34. The first-order chi connectivity index (χ1) is 10.6. The number of nitrogens with one attached hydrogen (secondary N) is 1. The Labute approximate surface area is 141 Å². The summed E-state index contributed by atoms with van der Waals surface area (Å²) in [5.41, 5.74) is -0.371. The van der Waals surface area contributed by atoms with Crippen LogP contribution in [0.5, 0.6) is 0 Å². The van der Waals surface area contributed by atoms with E-state index in [1.54, 1.807) is 11.1 Å². The number of hydrogen-bond acceptors (Lipinski definition) is 5. The molecule has 0 aromatic carbocycles. The molecule has 0 saturated carbocycles. The van der Waals surface area contributed by atoms with Gasteiger partial charge in [0, 0.05) is 19.5 Å². The van der Waals surface area contributed by atoms with Gasteiger partial charge in [0.2, 0.25) is 5.89 Å². The number of alkyl halides is 2. The van der Waals surface area contributed by atoms with E-state index < -0.39 is 6.43 Å². The van der Waals surface area contributed by atoms with Crippen molar-refractivity contribution in [2.45, 2.75) is 44.3 Å². The number of aryl methyl sites for hydroxylation is 1. The fraction of sp³-hybridized carbons (Fsp3) is 0.800. The van der Waals surface area contributed by atoms with Gasteiger partial charge in [-0.15, -0.1) is 12.4 Å². The summed E-state index contributed by atoms with van der Waals surface area (Å²) >= 11 is 0. The average Bonchev–Trinajstić information content (AvgIpc) is 2.96. The van der Waals surface area contributed by atoms with Crippen LogP contribution in [0.3, 0.4) is 0 Å². The van der Waals surface area contributed by atoms with Gasteiger partial charge in [0.1, 0.15) is 11.9 Å².